The first-order valence-electron chi connectivity index (χ1n) is 10.4. The molecule has 3 aromatic carbocycles. The van der Waals surface area contributed by atoms with Crippen LogP contribution < -0.4 is 14.2 Å². The summed E-state index contributed by atoms with van der Waals surface area (Å²) in [5.41, 5.74) is 4.21. The lowest BCUT2D eigenvalue weighted by molar-refractivity contribution is -0.0210. The van der Waals surface area contributed by atoms with Crippen LogP contribution in [-0.2, 0) is 0 Å². The van der Waals surface area contributed by atoms with E-state index in [-0.39, 0.29) is 17.5 Å². The van der Waals surface area contributed by atoms with Crippen molar-refractivity contribution in [2.75, 3.05) is 14.2 Å². The predicted octanol–water partition coefficient (Wildman–Crippen LogP) is 4.67. The molecular formula is C25H24N2O5. The molecule has 0 spiro atoms. The molecule has 2 aliphatic heterocycles. The number of hydrogen-bond donors (Lipinski definition) is 2. The van der Waals surface area contributed by atoms with E-state index < -0.39 is 6.23 Å². The number of hydrazone groups is 1. The van der Waals surface area contributed by atoms with Crippen molar-refractivity contribution in [1.82, 2.24) is 5.01 Å². The molecule has 3 aromatic rings. The van der Waals surface area contributed by atoms with Gasteiger partial charge in [0.05, 0.1) is 26.0 Å². The summed E-state index contributed by atoms with van der Waals surface area (Å²) in [6, 6.07) is 16.4. The Bertz CT molecular complexity index is 1220. The Balaban J connectivity index is 1.64. The Hall–Kier alpha value is -3.87. The summed E-state index contributed by atoms with van der Waals surface area (Å²) >= 11 is 0. The van der Waals surface area contributed by atoms with Crippen LogP contribution in [0.25, 0.3) is 0 Å². The van der Waals surface area contributed by atoms with Gasteiger partial charge in [0.25, 0.3) is 0 Å². The molecule has 0 saturated heterocycles. The highest BCUT2D eigenvalue weighted by Gasteiger charge is 2.42. The average Bonchev–Trinajstić information content (AvgIpc) is 3.25. The zero-order valence-corrected chi connectivity index (χ0v) is 18.1. The van der Waals surface area contributed by atoms with E-state index in [1.54, 1.807) is 25.3 Å². The van der Waals surface area contributed by atoms with Crippen LogP contribution >= 0.6 is 0 Å². The molecule has 0 unspecified atom stereocenters. The van der Waals surface area contributed by atoms with E-state index in [1.807, 2.05) is 48.3 Å². The van der Waals surface area contributed by atoms with Gasteiger partial charge in [0.15, 0.2) is 23.0 Å². The number of benzene rings is 3. The van der Waals surface area contributed by atoms with Gasteiger partial charge in [-0.15, -0.1) is 0 Å². The molecular weight excluding hydrogens is 408 g/mol. The maximum Gasteiger partial charge on any atom is 0.214 e. The molecule has 0 saturated carbocycles. The number of hydrogen-bond acceptors (Lipinski definition) is 7. The van der Waals surface area contributed by atoms with Crippen LogP contribution in [0.3, 0.4) is 0 Å². The van der Waals surface area contributed by atoms with Gasteiger partial charge in [-0.05, 0) is 43.3 Å². The summed E-state index contributed by atoms with van der Waals surface area (Å²) in [5, 5.41) is 27.6. The van der Waals surface area contributed by atoms with Crippen molar-refractivity contribution < 1.29 is 24.4 Å². The lowest BCUT2D eigenvalue weighted by Crippen LogP contribution is -2.33. The molecule has 0 fully saturated rings. The van der Waals surface area contributed by atoms with E-state index in [2.05, 4.69) is 0 Å². The number of aryl methyl sites for hydroxylation is 1. The molecule has 0 amide bonds. The molecule has 5 rings (SSSR count). The topological polar surface area (TPSA) is 83.8 Å². The minimum absolute atomic E-state index is 0.0238. The molecule has 32 heavy (non-hydrogen) atoms. The molecule has 7 heteroatoms. The van der Waals surface area contributed by atoms with Crippen molar-refractivity contribution in [3.63, 3.8) is 0 Å². The molecule has 2 heterocycles. The molecule has 7 nitrogen and oxygen atoms in total. The molecule has 0 aromatic heterocycles. The van der Waals surface area contributed by atoms with Crippen LogP contribution in [-0.4, -0.2) is 35.2 Å². The number of nitrogens with zero attached hydrogens (tertiary/aromatic N) is 2. The highest BCUT2D eigenvalue weighted by Crippen LogP contribution is 2.51. The van der Waals surface area contributed by atoms with Crippen LogP contribution in [0.5, 0.6) is 28.7 Å². The maximum atomic E-state index is 10.5. The van der Waals surface area contributed by atoms with Gasteiger partial charge in [-0.25, -0.2) is 5.01 Å². The van der Waals surface area contributed by atoms with E-state index >= 15 is 0 Å². The Kier molecular flexibility index (Phi) is 4.81. The zero-order chi connectivity index (χ0) is 22.4. The Morgan fingerprint density at radius 2 is 1.78 bits per heavy atom. The number of rotatable bonds is 4. The van der Waals surface area contributed by atoms with E-state index in [0.717, 1.165) is 22.4 Å². The Morgan fingerprint density at radius 1 is 0.969 bits per heavy atom. The van der Waals surface area contributed by atoms with E-state index in [1.165, 1.54) is 7.11 Å². The second-order valence-electron chi connectivity index (χ2n) is 7.95. The van der Waals surface area contributed by atoms with Crippen LogP contribution in [0.15, 0.2) is 59.7 Å². The third-order valence-electron chi connectivity index (χ3n) is 5.95. The van der Waals surface area contributed by atoms with Crippen LogP contribution in [0.2, 0.25) is 0 Å². The van der Waals surface area contributed by atoms with Crippen molar-refractivity contribution in [3.8, 4) is 28.7 Å². The number of phenolic OH excluding ortho intramolecular Hbond substituents is 2. The molecule has 2 atom stereocenters. The lowest BCUT2D eigenvalue weighted by Gasteiger charge is -2.38. The highest BCUT2D eigenvalue weighted by atomic mass is 16.5. The SMILES string of the molecule is COc1ccc([C@H]2Oc3c(OC)cccc3[C@H]3CC(c4cc(C)ccc4O)=NN32)cc1O. The lowest BCUT2D eigenvalue weighted by atomic mass is 9.94. The third kappa shape index (κ3) is 3.17. The van der Waals surface area contributed by atoms with Crippen molar-refractivity contribution in [3.05, 3.63) is 76.9 Å². The van der Waals surface area contributed by atoms with Crippen molar-refractivity contribution in [2.24, 2.45) is 5.10 Å². The largest absolute Gasteiger partial charge is 0.507 e. The van der Waals surface area contributed by atoms with E-state index in [0.29, 0.717) is 29.2 Å². The minimum Gasteiger partial charge on any atom is -0.507 e. The number of ether oxygens (including phenoxy) is 3. The van der Waals surface area contributed by atoms with Crippen molar-refractivity contribution in [2.45, 2.75) is 25.6 Å². The van der Waals surface area contributed by atoms with Gasteiger partial charge in [-0.1, -0.05) is 23.8 Å². The first-order valence-corrected chi connectivity index (χ1v) is 10.4. The van der Waals surface area contributed by atoms with Crippen molar-refractivity contribution >= 4 is 5.71 Å². The van der Waals surface area contributed by atoms with Gasteiger partial charge in [0.2, 0.25) is 6.23 Å². The molecule has 2 N–H and O–H groups in total. The first kappa shape index (κ1) is 20.1. The number of aromatic hydroxyl groups is 2. The van der Waals surface area contributed by atoms with Gasteiger partial charge in [0.1, 0.15) is 5.75 Å². The minimum atomic E-state index is -0.593. The quantitative estimate of drug-likeness (QED) is 0.624. The third-order valence-corrected chi connectivity index (χ3v) is 5.95. The number of methoxy groups -OCH3 is 2. The zero-order valence-electron chi connectivity index (χ0n) is 18.1. The second kappa shape index (κ2) is 7.67. The van der Waals surface area contributed by atoms with Gasteiger partial charge in [-0.3, -0.25) is 0 Å². The fraction of sp³-hybridized carbons (Fsp3) is 0.240. The summed E-state index contributed by atoms with van der Waals surface area (Å²) in [6.45, 7) is 1.98. The number of para-hydroxylation sites is 1. The summed E-state index contributed by atoms with van der Waals surface area (Å²) in [5.74, 6) is 1.89. The molecule has 0 bridgehead atoms. The van der Waals surface area contributed by atoms with Gasteiger partial charge >= 0.3 is 0 Å². The Labute approximate surface area is 186 Å². The first-order chi connectivity index (χ1) is 15.5. The maximum absolute atomic E-state index is 10.5. The standard InChI is InChI=1S/C25H24N2O5/c1-14-7-9-20(28)17(11-14)18-13-19-16-5-4-6-23(31-3)24(16)32-25(27(19)26-18)15-8-10-22(30-2)21(29)12-15/h4-12,19,25,28-29H,13H2,1-3H3/t19-,25-/m1/s1. The van der Waals surface area contributed by atoms with Gasteiger partial charge < -0.3 is 24.4 Å². The average molecular weight is 432 g/mol. The predicted molar refractivity (Wildman–Crippen MR) is 120 cm³/mol. The normalized spacial score (nSPS) is 19.0. The number of phenols is 2. The van der Waals surface area contributed by atoms with Crippen LogP contribution in [0.1, 0.15) is 40.9 Å². The number of fused-ring (bicyclic) bond motifs is 3. The van der Waals surface area contributed by atoms with Crippen LogP contribution in [0.4, 0.5) is 0 Å². The Morgan fingerprint density at radius 3 is 2.53 bits per heavy atom. The molecule has 0 aliphatic carbocycles. The highest BCUT2D eigenvalue weighted by molar-refractivity contribution is 6.04. The molecule has 0 radical (unpaired) electrons. The van der Waals surface area contributed by atoms with Gasteiger partial charge in [0, 0.05) is 23.1 Å². The van der Waals surface area contributed by atoms with Gasteiger partial charge in [-0.2, -0.15) is 5.10 Å². The summed E-state index contributed by atoms with van der Waals surface area (Å²) in [7, 11) is 3.12. The monoisotopic (exact) mass is 432 g/mol. The van der Waals surface area contributed by atoms with E-state index in [9.17, 15) is 10.2 Å². The van der Waals surface area contributed by atoms with Crippen molar-refractivity contribution in [1.29, 1.82) is 0 Å². The smallest absolute Gasteiger partial charge is 0.214 e. The van der Waals surface area contributed by atoms with E-state index in [4.69, 9.17) is 19.3 Å². The molecule has 2 aliphatic rings. The second-order valence-corrected chi connectivity index (χ2v) is 7.95. The summed E-state index contributed by atoms with van der Waals surface area (Å²) in [4.78, 5) is 0. The summed E-state index contributed by atoms with van der Waals surface area (Å²) < 4.78 is 17.1. The fourth-order valence-electron chi connectivity index (χ4n) is 4.37. The van der Waals surface area contributed by atoms with Crippen LogP contribution in [0, 0.1) is 6.92 Å². The summed E-state index contributed by atoms with van der Waals surface area (Å²) in [6.07, 6.45) is 0.00387. The fourth-order valence-corrected chi connectivity index (χ4v) is 4.37. The molecule has 164 valence electrons.